The summed E-state index contributed by atoms with van der Waals surface area (Å²) in [5.41, 5.74) is -6.30. The first-order valence-corrected chi connectivity index (χ1v) is 12.3. The molecule has 0 saturated carbocycles. The first-order chi connectivity index (χ1) is 16.0. The molecule has 3 rings (SSSR count). The van der Waals surface area contributed by atoms with Gasteiger partial charge in [-0.2, -0.15) is 21.6 Å². The Bertz CT molecular complexity index is 1400. The third kappa shape index (κ3) is 5.87. The second-order valence-corrected chi connectivity index (χ2v) is 11.1. The number of rotatable bonds is 5. The predicted octanol–water partition coefficient (Wildman–Crippen LogP) is 6.86. The van der Waals surface area contributed by atoms with Crippen LogP contribution in [0.4, 0.5) is 13.2 Å². The second-order valence-electron chi connectivity index (χ2n) is 9.09. The minimum Gasteiger partial charge on any atom is -0.455 e. The van der Waals surface area contributed by atoms with E-state index in [1.807, 2.05) is 19.9 Å². The van der Waals surface area contributed by atoms with Gasteiger partial charge in [0.25, 0.3) is 0 Å². The van der Waals surface area contributed by atoms with Crippen molar-refractivity contribution in [3.63, 3.8) is 0 Å². The van der Waals surface area contributed by atoms with Crippen molar-refractivity contribution in [2.45, 2.75) is 51.6 Å². The lowest BCUT2D eigenvalue weighted by Crippen LogP contribution is -2.30. The maximum atomic E-state index is 13.3. The zero-order valence-corrected chi connectivity index (χ0v) is 21.1. The highest BCUT2D eigenvalue weighted by atomic mass is 35.5. The summed E-state index contributed by atoms with van der Waals surface area (Å²) >= 11 is 6.15. The molecule has 0 spiro atoms. The van der Waals surface area contributed by atoms with Crippen molar-refractivity contribution in [1.82, 2.24) is 4.98 Å². The van der Waals surface area contributed by atoms with Gasteiger partial charge in [-0.3, -0.25) is 0 Å². The Hall–Kier alpha value is -2.85. The number of nitrogens with zero attached hydrogens (tertiary/aromatic N) is 1. The number of pyridine rings is 1. The molecule has 0 aliphatic heterocycles. The highest BCUT2D eigenvalue weighted by Crippen LogP contribution is 2.43. The van der Waals surface area contributed by atoms with Gasteiger partial charge in [0.05, 0.1) is 5.52 Å². The molecule has 0 fully saturated rings. The van der Waals surface area contributed by atoms with Crippen molar-refractivity contribution >= 4 is 38.6 Å². The van der Waals surface area contributed by atoms with E-state index >= 15 is 0 Å². The molecule has 0 N–H and O–H groups in total. The van der Waals surface area contributed by atoms with Crippen LogP contribution >= 0.6 is 11.6 Å². The number of alkyl halides is 3. The molecule has 3 aromatic rings. The van der Waals surface area contributed by atoms with Crippen LogP contribution in [0.5, 0.6) is 5.75 Å². The zero-order valence-electron chi connectivity index (χ0n) is 19.5. The van der Waals surface area contributed by atoms with Crippen molar-refractivity contribution in [3.8, 4) is 16.9 Å². The highest BCUT2D eigenvalue weighted by Gasteiger charge is 2.49. The molecule has 0 saturated heterocycles. The summed E-state index contributed by atoms with van der Waals surface area (Å²) in [4.78, 5) is 17.1. The third-order valence-electron chi connectivity index (χ3n) is 4.81. The van der Waals surface area contributed by atoms with Gasteiger partial charge in [-0.25, -0.2) is 9.78 Å². The van der Waals surface area contributed by atoms with Gasteiger partial charge < -0.3 is 8.92 Å². The van der Waals surface area contributed by atoms with E-state index in [1.54, 1.807) is 39.0 Å². The molecular weight excluding hydrogens is 507 g/mol. The lowest BCUT2D eigenvalue weighted by molar-refractivity contribution is -0.0501. The number of carbonyl (C=O) groups is 1. The Morgan fingerprint density at radius 3 is 2.29 bits per heavy atom. The molecule has 11 heteroatoms. The van der Waals surface area contributed by atoms with Gasteiger partial charge in [0, 0.05) is 16.0 Å². The Labute approximate surface area is 206 Å². The van der Waals surface area contributed by atoms with Gasteiger partial charge in [-0.15, -0.1) is 0 Å². The van der Waals surface area contributed by atoms with Crippen molar-refractivity contribution < 1.29 is 35.3 Å². The van der Waals surface area contributed by atoms with E-state index in [0.29, 0.717) is 5.56 Å². The number of hydrogen-bond donors (Lipinski definition) is 0. The fraction of sp³-hybridized carbons (Fsp3) is 0.333. The molecule has 2 aromatic carbocycles. The lowest BCUT2D eigenvalue weighted by Gasteiger charge is -2.22. The van der Waals surface area contributed by atoms with Crippen molar-refractivity contribution in [1.29, 1.82) is 0 Å². The monoisotopic (exact) mass is 529 g/mol. The molecule has 1 aromatic heterocycles. The minimum atomic E-state index is -6.17. The standard InChI is InChI=1S/C24H23ClF3NO5S/c1-13(2)14-7-6-8-15(11-14)19-17-12-16(25)9-10-18(17)29-20(22(30)33-23(3,4)5)21(19)34-35(31,32)24(26,27)28/h6-13H,1-5H3. The van der Waals surface area contributed by atoms with Crippen LogP contribution in [-0.4, -0.2) is 30.5 Å². The van der Waals surface area contributed by atoms with Crippen LogP contribution in [0.2, 0.25) is 5.02 Å². The highest BCUT2D eigenvalue weighted by molar-refractivity contribution is 7.88. The third-order valence-corrected chi connectivity index (χ3v) is 6.00. The summed E-state index contributed by atoms with van der Waals surface area (Å²) in [5, 5.41) is 0.410. The van der Waals surface area contributed by atoms with Crippen molar-refractivity contribution in [2.75, 3.05) is 0 Å². The van der Waals surface area contributed by atoms with Crippen LogP contribution in [0.25, 0.3) is 22.0 Å². The number of ether oxygens (including phenoxy) is 1. The fourth-order valence-electron chi connectivity index (χ4n) is 3.26. The van der Waals surface area contributed by atoms with Crippen LogP contribution in [-0.2, 0) is 14.9 Å². The Kier molecular flexibility index (Phi) is 7.12. The van der Waals surface area contributed by atoms with Gasteiger partial charge in [-0.05, 0) is 56.0 Å². The number of fused-ring (bicyclic) bond motifs is 1. The minimum absolute atomic E-state index is 0.0419. The number of hydrogen-bond acceptors (Lipinski definition) is 6. The Balaban J connectivity index is 2.48. The number of aromatic nitrogens is 1. The SMILES string of the molecule is CC(C)c1cccc(-c2c(OS(=O)(=O)C(F)(F)F)c(C(=O)OC(C)(C)C)nc3ccc(Cl)cc23)c1. The first-order valence-electron chi connectivity index (χ1n) is 10.5. The Morgan fingerprint density at radius 2 is 1.71 bits per heavy atom. The number of esters is 1. The normalized spacial score (nSPS) is 12.7. The molecule has 0 atom stereocenters. The van der Waals surface area contributed by atoms with E-state index in [2.05, 4.69) is 9.17 Å². The summed E-state index contributed by atoms with van der Waals surface area (Å²) < 4.78 is 74.1. The molecule has 0 amide bonds. The summed E-state index contributed by atoms with van der Waals surface area (Å²) in [6.45, 7) is 8.47. The molecule has 188 valence electrons. The van der Waals surface area contributed by atoms with Gasteiger partial charge in [0.15, 0.2) is 11.4 Å². The van der Waals surface area contributed by atoms with Crippen LogP contribution in [0.15, 0.2) is 42.5 Å². The van der Waals surface area contributed by atoms with E-state index < -0.39 is 38.6 Å². The van der Waals surface area contributed by atoms with Gasteiger partial charge in [0.2, 0.25) is 0 Å². The molecule has 0 unspecified atom stereocenters. The summed E-state index contributed by atoms with van der Waals surface area (Å²) in [7, 11) is -6.17. The van der Waals surface area contributed by atoms with E-state index in [0.717, 1.165) is 5.56 Å². The molecular formula is C24H23ClF3NO5S. The average Bonchev–Trinajstić information content (AvgIpc) is 2.71. The number of benzene rings is 2. The van der Waals surface area contributed by atoms with Gasteiger partial charge in [-0.1, -0.05) is 49.7 Å². The first kappa shape index (κ1) is 26.7. The van der Waals surface area contributed by atoms with E-state index in [1.165, 1.54) is 18.2 Å². The van der Waals surface area contributed by atoms with E-state index in [9.17, 15) is 26.4 Å². The van der Waals surface area contributed by atoms with E-state index in [-0.39, 0.29) is 27.4 Å². The van der Waals surface area contributed by atoms with Crippen molar-refractivity contribution in [3.05, 3.63) is 58.7 Å². The van der Waals surface area contributed by atoms with Gasteiger partial charge in [0.1, 0.15) is 5.60 Å². The fourth-order valence-corrected chi connectivity index (χ4v) is 3.91. The largest absolute Gasteiger partial charge is 0.534 e. The molecule has 35 heavy (non-hydrogen) atoms. The summed E-state index contributed by atoms with van der Waals surface area (Å²) in [6, 6.07) is 11.1. The topological polar surface area (TPSA) is 82.6 Å². The zero-order chi connectivity index (χ0) is 26.3. The van der Waals surface area contributed by atoms with E-state index in [4.69, 9.17) is 16.3 Å². The smallest absolute Gasteiger partial charge is 0.455 e. The maximum absolute atomic E-state index is 13.3. The molecule has 0 bridgehead atoms. The summed E-state index contributed by atoms with van der Waals surface area (Å²) in [5.74, 6) is -2.00. The van der Waals surface area contributed by atoms with Crippen molar-refractivity contribution in [2.24, 2.45) is 0 Å². The number of halogens is 4. The molecule has 0 aliphatic rings. The molecule has 0 aliphatic carbocycles. The van der Waals surface area contributed by atoms with Crippen LogP contribution in [0.3, 0.4) is 0 Å². The molecule has 6 nitrogen and oxygen atoms in total. The Morgan fingerprint density at radius 1 is 1.06 bits per heavy atom. The maximum Gasteiger partial charge on any atom is 0.534 e. The predicted molar refractivity (Wildman–Crippen MR) is 127 cm³/mol. The molecule has 0 radical (unpaired) electrons. The lowest BCUT2D eigenvalue weighted by atomic mass is 9.94. The average molecular weight is 530 g/mol. The van der Waals surface area contributed by atoms with Crippen LogP contribution in [0, 0.1) is 0 Å². The van der Waals surface area contributed by atoms with Gasteiger partial charge >= 0.3 is 21.6 Å². The van der Waals surface area contributed by atoms with Crippen LogP contribution < -0.4 is 4.18 Å². The number of carbonyl (C=O) groups excluding carboxylic acids is 1. The summed E-state index contributed by atoms with van der Waals surface area (Å²) in [6.07, 6.45) is 0. The molecule has 1 heterocycles. The second kappa shape index (κ2) is 9.31. The quantitative estimate of drug-likeness (QED) is 0.204. The van der Waals surface area contributed by atoms with Crippen LogP contribution in [0.1, 0.15) is 56.6 Å².